The molecule has 0 unspecified atom stereocenters. The first-order valence-corrected chi connectivity index (χ1v) is 7.23. The molecular weight excluding hydrogens is 316 g/mol. The molecule has 2 aromatic rings. The van der Waals surface area contributed by atoms with Gasteiger partial charge in [-0.3, -0.25) is 4.79 Å². The largest absolute Gasteiger partial charge is 0.438 e. The molecular formula is C12H15BrN2O2S. The third-order valence-corrected chi connectivity index (χ3v) is 4.52. The Balaban J connectivity index is 2.33. The quantitative estimate of drug-likeness (QED) is 0.863. The third-order valence-electron chi connectivity index (χ3n) is 2.65. The van der Waals surface area contributed by atoms with Crippen molar-refractivity contribution < 1.29 is 4.42 Å². The van der Waals surface area contributed by atoms with Crippen LogP contribution >= 0.6 is 27.3 Å². The van der Waals surface area contributed by atoms with Gasteiger partial charge in [-0.05, 0) is 30.0 Å². The van der Waals surface area contributed by atoms with E-state index in [9.17, 15) is 4.79 Å². The number of nitrogens with zero attached hydrogens (tertiary/aromatic N) is 2. The van der Waals surface area contributed by atoms with Crippen LogP contribution in [0.25, 0.3) is 10.3 Å². The van der Waals surface area contributed by atoms with Gasteiger partial charge in [0.2, 0.25) is 5.43 Å². The number of anilines is 1. The predicted octanol–water partition coefficient (Wildman–Crippen LogP) is 2.61. The molecule has 0 atom stereocenters. The summed E-state index contributed by atoms with van der Waals surface area (Å²) < 4.78 is 7.27. The number of hydrogen-bond donors (Lipinski definition) is 0. The maximum absolute atomic E-state index is 11.9. The fraction of sp³-hybridized carbons (Fsp3) is 0.417. The van der Waals surface area contributed by atoms with E-state index in [0.717, 1.165) is 17.6 Å². The van der Waals surface area contributed by atoms with Crippen LogP contribution in [-0.2, 0) is 0 Å². The van der Waals surface area contributed by atoms with E-state index >= 15 is 0 Å². The van der Waals surface area contributed by atoms with Gasteiger partial charge >= 0.3 is 0 Å². The summed E-state index contributed by atoms with van der Waals surface area (Å²) in [5.74, 6) is 0.605. The average Bonchev–Trinajstić information content (AvgIpc) is 2.68. The first-order chi connectivity index (χ1) is 8.49. The molecule has 0 aromatic carbocycles. The summed E-state index contributed by atoms with van der Waals surface area (Å²) in [5, 5.41) is 1.87. The van der Waals surface area contributed by atoms with Gasteiger partial charge in [-0.25, -0.2) is 0 Å². The van der Waals surface area contributed by atoms with Crippen molar-refractivity contribution in [3.8, 4) is 0 Å². The molecule has 0 aliphatic carbocycles. The highest BCUT2D eigenvalue weighted by molar-refractivity contribution is 9.10. The standard InChI is InChI=1S/C12H15BrN2O2S/c1-14(2)4-5-15(3)10-6-9(16)12-11(17-10)8(13)7-18-12/h6-7H,4-5H2,1-3H3. The molecule has 0 saturated carbocycles. The molecule has 0 saturated heterocycles. The predicted molar refractivity (Wildman–Crippen MR) is 79.9 cm³/mol. The van der Waals surface area contributed by atoms with Crippen LogP contribution in [0.3, 0.4) is 0 Å². The summed E-state index contributed by atoms with van der Waals surface area (Å²) in [4.78, 5) is 16.0. The van der Waals surface area contributed by atoms with E-state index < -0.39 is 0 Å². The van der Waals surface area contributed by atoms with Crippen LogP contribution in [0.15, 0.2) is 25.1 Å². The lowest BCUT2D eigenvalue weighted by Gasteiger charge is -2.19. The average molecular weight is 331 g/mol. The van der Waals surface area contributed by atoms with E-state index in [2.05, 4.69) is 20.8 Å². The first kappa shape index (κ1) is 13.6. The second-order valence-corrected chi connectivity index (χ2v) is 6.15. The van der Waals surface area contributed by atoms with Crippen molar-refractivity contribution >= 4 is 43.4 Å². The molecule has 2 aromatic heterocycles. The topological polar surface area (TPSA) is 36.7 Å². The molecule has 6 heteroatoms. The summed E-state index contributed by atoms with van der Waals surface area (Å²) in [5.41, 5.74) is 0.651. The van der Waals surface area contributed by atoms with Gasteiger partial charge in [0, 0.05) is 31.6 Å². The van der Waals surface area contributed by atoms with Crippen molar-refractivity contribution in [1.29, 1.82) is 0 Å². The molecule has 0 aliphatic heterocycles. The summed E-state index contributed by atoms with van der Waals surface area (Å²) in [6, 6.07) is 1.56. The Morgan fingerprint density at radius 2 is 2.06 bits per heavy atom. The van der Waals surface area contributed by atoms with E-state index in [-0.39, 0.29) is 5.43 Å². The van der Waals surface area contributed by atoms with Crippen LogP contribution < -0.4 is 10.3 Å². The number of hydrogen-bond acceptors (Lipinski definition) is 5. The highest BCUT2D eigenvalue weighted by Crippen LogP contribution is 2.30. The summed E-state index contributed by atoms with van der Waals surface area (Å²) >= 11 is 4.80. The second kappa shape index (κ2) is 5.42. The smallest absolute Gasteiger partial charge is 0.204 e. The number of rotatable bonds is 4. The number of halogens is 1. The summed E-state index contributed by atoms with van der Waals surface area (Å²) in [6.07, 6.45) is 0. The Morgan fingerprint density at radius 3 is 2.72 bits per heavy atom. The van der Waals surface area contributed by atoms with Crippen LogP contribution in [-0.4, -0.2) is 39.1 Å². The second-order valence-electron chi connectivity index (χ2n) is 4.42. The highest BCUT2D eigenvalue weighted by atomic mass is 79.9. The van der Waals surface area contributed by atoms with E-state index in [1.807, 2.05) is 31.4 Å². The zero-order chi connectivity index (χ0) is 13.3. The molecule has 0 aliphatic rings. The Morgan fingerprint density at radius 1 is 1.33 bits per heavy atom. The minimum Gasteiger partial charge on any atom is -0.438 e. The monoisotopic (exact) mass is 330 g/mol. The molecule has 2 heterocycles. The summed E-state index contributed by atoms with van der Waals surface area (Å²) in [7, 11) is 5.96. The zero-order valence-electron chi connectivity index (χ0n) is 10.6. The Hall–Kier alpha value is -0.850. The third kappa shape index (κ3) is 2.76. The molecule has 0 fully saturated rings. The van der Waals surface area contributed by atoms with Crippen molar-refractivity contribution in [2.24, 2.45) is 0 Å². The lowest BCUT2D eigenvalue weighted by Crippen LogP contribution is -2.28. The summed E-state index contributed by atoms with van der Waals surface area (Å²) in [6.45, 7) is 1.71. The fourth-order valence-corrected chi connectivity index (χ4v) is 3.00. The van der Waals surface area contributed by atoms with Gasteiger partial charge in [0.1, 0.15) is 4.70 Å². The van der Waals surface area contributed by atoms with Gasteiger partial charge in [0.05, 0.1) is 4.47 Å². The minimum atomic E-state index is 0.0126. The van der Waals surface area contributed by atoms with Gasteiger partial charge in [0.25, 0.3) is 0 Å². The van der Waals surface area contributed by atoms with Crippen molar-refractivity contribution in [3.05, 3.63) is 26.1 Å². The zero-order valence-corrected chi connectivity index (χ0v) is 13.0. The van der Waals surface area contributed by atoms with Crippen LogP contribution in [0.2, 0.25) is 0 Å². The van der Waals surface area contributed by atoms with Gasteiger partial charge in [0.15, 0.2) is 11.5 Å². The normalized spacial score (nSPS) is 11.4. The molecule has 0 N–H and O–H groups in total. The Labute approximate surface area is 118 Å². The van der Waals surface area contributed by atoms with Gasteiger partial charge < -0.3 is 14.2 Å². The lowest BCUT2D eigenvalue weighted by molar-refractivity contribution is 0.412. The van der Waals surface area contributed by atoms with Crippen LogP contribution in [0.5, 0.6) is 0 Å². The van der Waals surface area contributed by atoms with E-state index in [4.69, 9.17) is 4.42 Å². The van der Waals surface area contributed by atoms with Crippen LogP contribution in [0.4, 0.5) is 5.88 Å². The molecule has 0 radical (unpaired) electrons. The van der Waals surface area contributed by atoms with Crippen molar-refractivity contribution in [3.63, 3.8) is 0 Å². The SMILES string of the molecule is CN(C)CCN(C)c1cc(=O)c2scc(Br)c2o1. The lowest BCUT2D eigenvalue weighted by atomic mass is 10.4. The van der Waals surface area contributed by atoms with Crippen LogP contribution in [0.1, 0.15) is 0 Å². The molecule has 2 rings (SSSR count). The number of thiophene rings is 1. The highest BCUT2D eigenvalue weighted by Gasteiger charge is 2.12. The fourth-order valence-electron chi connectivity index (χ4n) is 1.55. The Bertz CT molecular complexity index is 606. The molecule has 0 bridgehead atoms. The number of fused-ring (bicyclic) bond motifs is 1. The Kier molecular flexibility index (Phi) is 4.09. The van der Waals surface area contributed by atoms with Crippen molar-refractivity contribution in [1.82, 2.24) is 4.90 Å². The molecule has 18 heavy (non-hydrogen) atoms. The molecule has 4 nitrogen and oxygen atoms in total. The first-order valence-electron chi connectivity index (χ1n) is 5.55. The molecule has 0 amide bonds. The maximum Gasteiger partial charge on any atom is 0.204 e. The van der Waals surface area contributed by atoms with E-state index in [1.54, 1.807) is 6.07 Å². The number of likely N-dealkylation sites (N-methyl/N-ethyl adjacent to an activating group) is 2. The van der Waals surface area contributed by atoms with Crippen LogP contribution in [0, 0.1) is 0 Å². The van der Waals surface area contributed by atoms with Gasteiger partial charge in [-0.1, -0.05) is 0 Å². The maximum atomic E-state index is 11.9. The molecule has 0 spiro atoms. The molecule has 98 valence electrons. The van der Waals surface area contributed by atoms with E-state index in [1.165, 1.54) is 11.3 Å². The van der Waals surface area contributed by atoms with Crippen molar-refractivity contribution in [2.45, 2.75) is 0 Å². The minimum absolute atomic E-state index is 0.0126. The van der Waals surface area contributed by atoms with Gasteiger partial charge in [-0.15, -0.1) is 11.3 Å². The van der Waals surface area contributed by atoms with E-state index in [0.29, 0.717) is 16.2 Å². The van der Waals surface area contributed by atoms with Crippen molar-refractivity contribution in [2.75, 3.05) is 39.1 Å². The van der Waals surface area contributed by atoms with Gasteiger partial charge in [-0.2, -0.15) is 0 Å².